The Hall–Kier alpha value is -2.92. The molecule has 0 radical (unpaired) electrons. The molecule has 5 nitrogen and oxygen atoms in total. The Bertz CT molecular complexity index is 935. The molecule has 0 aliphatic rings. The van der Waals surface area contributed by atoms with Crippen molar-refractivity contribution >= 4 is 5.97 Å². The van der Waals surface area contributed by atoms with Gasteiger partial charge in [0.05, 0.1) is 5.69 Å². The van der Waals surface area contributed by atoms with E-state index in [-0.39, 0.29) is 6.42 Å². The molecule has 2 aromatic carbocycles. The van der Waals surface area contributed by atoms with Crippen LogP contribution in [-0.2, 0) is 16.8 Å². The van der Waals surface area contributed by atoms with E-state index in [1.165, 1.54) is 5.56 Å². The third kappa shape index (κ3) is 3.83. The first-order valence-electron chi connectivity index (χ1n) is 8.44. The summed E-state index contributed by atoms with van der Waals surface area (Å²) in [5.41, 5.74) is 3.52. The Morgan fingerprint density at radius 2 is 1.81 bits per heavy atom. The number of rotatable bonds is 5. The summed E-state index contributed by atoms with van der Waals surface area (Å²) in [5.74, 6) is -0.576. The highest BCUT2D eigenvalue weighted by Gasteiger charge is 2.23. The van der Waals surface area contributed by atoms with E-state index in [4.69, 9.17) is 5.11 Å². The highest BCUT2D eigenvalue weighted by Crippen LogP contribution is 2.25. The molecule has 0 atom stereocenters. The summed E-state index contributed by atoms with van der Waals surface area (Å²) in [6.07, 6.45) is 1.48. The molecule has 134 valence electrons. The van der Waals surface area contributed by atoms with Crippen LogP contribution in [0, 0.1) is 6.92 Å². The zero-order chi connectivity index (χ0) is 18.9. The number of hydrogen-bond acceptors (Lipinski definition) is 3. The van der Waals surface area contributed by atoms with Crippen LogP contribution in [0.3, 0.4) is 0 Å². The molecule has 0 aliphatic heterocycles. The molecule has 26 heavy (non-hydrogen) atoms. The maximum absolute atomic E-state index is 11.2. The molecule has 5 heteroatoms. The van der Waals surface area contributed by atoms with Gasteiger partial charge in [-0.25, -0.2) is 4.98 Å². The van der Waals surface area contributed by atoms with Gasteiger partial charge in [-0.15, -0.1) is 0 Å². The zero-order valence-corrected chi connectivity index (χ0v) is 15.1. The maximum atomic E-state index is 11.2. The maximum Gasteiger partial charge on any atom is 0.311 e. The molecular weight excluding hydrogens is 328 g/mol. The van der Waals surface area contributed by atoms with Crippen LogP contribution in [0.5, 0.6) is 0 Å². The second kappa shape index (κ2) is 6.77. The third-order valence-corrected chi connectivity index (χ3v) is 4.21. The van der Waals surface area contributed by atoms with Gasteiger partial charge in [-0.1, -0.05) is 42.0 Å². The molecule has 0 fully saturated rings. The van der Waals surface area contributed by atoms with Gasteiger partial charge in [0.1, 0.15) is 17.8 Å². The van der Waals surface area contributed by atoms with E-state index in [1.54, 1.807) is 24.6 Å². The standard InChI is InChI=1S/C21H22N2O3/c1-14-5-4-6-16(11-14)15-7-9-17(10-8-15)23-13-18(21(2,3)26)22-19(23)12-20(24)25/h4-11,13,26H,12H2,1-3H3,(H,24,25). The molecule has 1 aromatic heterocycles. The largest absolute Gasteiger partial charge is 0.481 e. The molecule has 3 rings (SSSR count). The van der Waals surface area contributed by atoms with Crippen LogP contribution in [0.1, 0.15) is 30.9 Å². The molecule has 0 saturated heterocycles. The Morgan fingerprint density at radius 3 is 2.38 bits per heavy atom. The van der Waals surface area contributed by atoms with Gasteiger partial charge in [-0.3, -0.25) is 4.79 Å². The van der Waals surface area contributed by atoms with Gasteiger partial charge in [0.15, 0.2) is 0 Å². The van der Waals surface area contributed by atoms with Gasteiger partial charge in [0, 0.05) is 11.9 Å². The van der Waals surface area contributed by atoms with Crippen LogP contribution >= 0.6 is 0 Å². The number of imidazole rings is 1. The van der Waals surface area contributed by atoms with Crippen LogP contribution < -0.4 is 0 Å². The summed E-state index contributed by atoms with van der Waals surface area (Å²) < 4.78 is 1.72. The number of benzene rings is 2. The number of aliphatic carboxylic acids is 1. The second-order valence-electron chi connectivity index (χ2n) is 6.96. The fourth-order valence-electron chi connectivity index (χ4n) is 2.84. The Morgan fingerprint density at radius 1 is 1.12 bits per heavy atom. The lowest BCUT2D eigenvalue weighted by atomic mass is 10.0. The highest BCUT2D eigenvalue weighted by atomic mass is 16.4. The lowest BCUT2D eigenvalue weighted by Crippen LogP contribution is -2.16. The molecule has 1 heterocycles. The average molecular weight is 350 g/mol. The van der Waals surface area contributed by atoms with Gasteiger partial charge in [0.25, 0.3) is 0 Å². The van der Waals surface area contributed by atoms with Crippen molar-refractivity contribution in [3.63, 3.8) is 0 Å². The molecule has 0 amide bonds. The molecule has 3 aromatic rings. The van der Waals surface area contributed by atoms with Crippen molar-refractivity contribution in [2.75, 3.05) is 0 Å². The van der Waals surface area contributed by atoms with E-state index >= 15 is 0 Å². The number of hydrogen-bond donors (Lipinski definition) is 2. The summed E-state index contributed by atoms with van der Waals surface area (Å²) in [6, 6.07) is 16.1. The average Bonchev–Trinajstić information content (AvgIpc) is 2.98. The summed E-state index contributed by atoms with van der Waals surface area (Å²) in [7, 11) is 0. The SMILES string of the molecule is Cc1cccc(-c2ccc(-n3cc(C(C)(C)O)nc3CC(=O)O)cc2)c1. The number of carbonyl (C=O) groups is 1. The number of aliphatic hydroxyl groups is 1. The summed E-state index contributed by atoms with van der Waals surface area (Å²) in [5, 5.41) is 19.4. The van der Waals surface area contributed by atoms with Crippen molar-refractivity contribution in [2.24, 2.45) is 0 Å². The van der Waals surface area contributed by atoms with Crippen LogP contribution in [-0.4, -0.2) is 25.7 Å². The summed E-state index contributed by atoms with van der Waals surface area (Å²) in [4.78, 5) is 15.5. The van der Waals surface area contributed by atoms with Crippen molar-refractivity contribution < 1.29 is 15.0 Å². The number of aromatic nitrogens is 2. The molecule has 2 N–H and O–H groups in total. The predicted octanol–water partition coefficient (Wildman–Crippen LogP) is 3.70. The number of carboxylic acids is 1. The molecular formula is C21H22N2O3. The molecule has 0 saturated carbocycles. The van der Waals surface area contributed by atoms with Crippen molar-refractivity contribution in [3.05, 3.63) is 71.8 Å². The van der Waals surface area contributed by atoms with Crippen molar-refractivity contribution in [1.82, 2.24) is 9.55 Å². The van der Waals surface area contributed by atoms with Gasteiger partial charge in [0.2, 0.25) is 0 Å². The number of carboxylic acid groups (broad SMARTS) is 1. The molecule has 0 bridgehead atoms. The first kappa shape index (κ1) is 17.9. The van der Waals surface area contributed by atoms with Crippen molar-refractivity contribution in [2.45, 2.75) is 32.8 Å². The summed E-state index contributed by atoms with van der Waals surface area (Å²) >= 11 is 0. The van der Waals surface area contributed by atoms with E-state index in [1.807, 2.05) is 30.3 Å². The fraction of sp³-hybridized carbons (Fsp3) is 0.238. The first-order chi connectivity index (χ1) is 12.2. The topological polar surface area (TPSA) is 75.3 Å². The van der Waals surface area contributed by atoms with Gasteiger partial charge < -0.3 is 14.8 Å². The van der Waals surface area contributed by atoms with Crippen molar-refractivity contribution in [1.29, 1.82) is 0 Å². The quantitative estimate of drug-likeness (QED) is 0.736. The van der Waals surface area contributed by atoms with Gasteiger partial charge in [-0.2, -0.15) is 0 Å². The van der Waals surface area contributed by atoms with E-state index < -0.39 is 11.6 Å². The third-order valence-electron chi connectivity index (χ3n) is 4.21. The minimum Gasteiger partial charge on any atom is -0.481 e. The highest BCUT2D eigenvalue weighted by molar-refractivity contribution is 5.69. The minimum atomic E-state index is -1.14. The van der Waals surface area contributed by atoms with Crippen LogP contribution in [0.4, 0.5) is 0 Å². The van der Waals surface area contributed by atoms with Crippen LogP contribution in [0.2, 0.25) is 0 Å². The monoisotopic (exact) mass is 350 g/mol. The van der Waals surface area contributed by atoms with E-state index in [0.29, 0.717) is 11.5 Å². The Labute approximate surface area is 152 Å². The first-order valence-corrected chi connectivity index (χ1v) is 8.44. The van der Waals surface area contributed by atoms with Gasteiger partial charge in [-0.05, 0) is 44.0 Å². The minimum absolute atomic E-state index is 0.213. The van der Waals surface area contributed by atoms with E-state index in [2.05, 4.69) is 30.1 Å². The lowest BCUT2D eigenvalue weighted by molar-refractivity contribution is -0.136. The van der Waals surface area contributed by atoms with E-state index in [0.717, 1.165) is 16.8 Å². The normalized spacial score (nSPS) is 11.5. The number of aryl methyl sites for hydroxylation is 1. The van der Waals surface area contributed by atoms with Gasteiger partial charge >= 0.3 is 5.97 Å². The molecule has 0 spiro atoms. The fourth-order valence-corrected chi connectivity index (χ4v) is 2.84. The Balaban J connectivity index is 2.00. The smallest absolute Gasteiger partial charge is 0.311 e. The van der Waals surface area contributed by atoms with Crippen LogP contribution in [0.25, 0.3) is 16.8 Å². The van der Waals surface area contributed by atoms with E-state index in [9.17, 15) is 9.90 Å². The molecule has 0 aliphatic carbocycles. The zero-order valence-electron chi connectivity index (χ0n) is 15.1. The predicted molar refractivity (Wildman–Crippen MR) is 100 cm³/mol. The number of nitrogens with zero attached hydrogens (tertiary/aromatic N) is 2. The Kier molecular flexibility index (Phi) is 4.66. The molecule has 0 unspecified atom stereocenters. The van der Waals surface area contributed by atoms with Crippen LogP contribution in [0.15, 0.2) is 54.7 Å². The van der Waals surface area contributed by atoms with Crippen molar-refractivity contribution in [3.8, 4) is 16.8 Å². The second-order valence-corrected chi connectivity index (χ2v) is 6.96. The summed E-state index contributed by atoms with van der Waals surface area (Å²) in [6.45, 7) is 5.32. The lowest BCUT2D eigenvalue weighted by Gasteiger charge is -2.13.